The minimum atomic E-state index is -0.348. The second-order valence-corrected chi connectivity index (χ2v) is 9.81. The van der Waals surface area contributed by atoms with Crippen LogP contribution in [0, 0.1) is 0 Å². The average molecular weight is 480 g/mol. The van der Waals surface area contributed by atoms with Crippen LogP contribution in [0.1, 0.15) is 51.4 Å². The highest BCUT2D eigenvalue weighted by molar-refractivity contribution is 8.00. The van der Waals surface area contributed by atoms with Gasteiger partial charge < -0.3 is 21.3 Å². The van der Waals surface area contributed by atoms with Crippen molar-refractivity contribution in [3.8, 4) is 0 Å². The van der Waals surface area contributed by atoms with Gasteiger partial charge in [-0.25, -0.2) is 4.79 Å². The first-order valence-corrected chi connectivity index (χ1v) is 12.7. The Hall–Kier alpha value is -2.56. The van der Waals surface area contributed by atoms with E-state index in [0.717, 1.165) is 49.2 Å². The van der Waals surface area contributed by atoms with Gasteiger partial charge in [0.1, 0.15) is 0 Å². The zero-order chi connectivity index (χ0) is 23.6. The monoisotopic (exact) mass is 479 g/mol. The van der Waals surface area contributed by atoms with Gasteiger partial charge in [0.2, 0.25) is 11.8 Å². The van der Waals surface area contributed by atoms with Gasteiger partial charge in [-0.1, -0.05) is 12.8 Å². The fraction of sp³-hybridized carbons (Fsp3) is 0.682. The molecule has 2 saturated heterocycles. The van der Waals surface area contributed by atoms with E-state index < -0.39 is 0 Å². The van der Waals surface area contributed by atoms with E-state index in [4.69, 9.17) is 0 Å². The maximum atomic E-state index is 12.0. The Labute approximate surface area is 198 Å². The molecule has 2 fully saturated rings. The molecule has 0 bridgehead atoms. The topological polar surface area (TPSA) is 137 Å². The lowest BCUT2D eigenvalue weighted by Crippen LogP contribution is -2.38. The number of thioether (sulfide) groups is 1. The van der Waals surface area contributed by atoms with Gasteiger partial charge in [0.15, 0.2) is 0 Å². The fourth-order valence-corrected chi connectivity index (χ4v) is 5.77. The van der Waals surface area contributed by atoms with Gasteiger partial charge in [0.25, 0.3) is 11.8 Å². The van der Waals surface area contributed by atoms with Crippen LogP contribution < -0.4 is 21.3 Å². The van der Waals surface area contributed by atoms with E-state index in [2.05, 4.69) is 21.3 Å². The van der Waals surface area contributed by atoms with Crippen LogP contribution in [0.15, 0.2) is 12.2 Å². The van der Waals surface area contributed by atoms with E-state index in [9.17, 15) is 24.0 Å². The summed E-state index contributed by atoms with van der Waals surface area (Å²) in [7, 11) is 0. The summed E-state index contributed by atoms with van der Waals surface area (Å²) in [6.45, 7) is 1.03. The maximum Gasteiger partial charge on any atom is 0.315 e. The summed E-state index contributed by atoms with van der Waals surface area (Å²) in [6, 6.07) is 0.390. The van der Waals surface area contributed by atoms with Gasteiger partial charge in [-0.15, -0.1) is 0 Å². The molecule has 4 N–H and O–H groups in total. The zero-order valence-electron chi connectivity index (χ0n) is 18.8. The highest BCUT2D eigenvalue weighted by atomic mass is 32.2. The quantitative estimate of drug-likeness (QED) is 0.162. The Morgan fingerprint density at radius 1 is 0.909 bits per heavy atom. The number of urea groups is 1. The van der Waals surface area contributed by atoms with Crippen molar-refractivity contribution in [3.05, 3.63) is 12.2 Å². The van der Waals surface area contributed by atoms with Crippen molar-refractivity contribution in [2.75, 3.05) is 25.4 Å². The minimum absolute atomic E-state index is 0.0565. The van der Waals surface area contributed by atoms with E-state index in [-0.39, 0.29) is 54.8 Å². The van der Waals surface area contributed by atoms with Gasteiger partial charge in [0, 0.05) is 55.6 Å². The summed E-state index contributed by atoms with van der Waals surface area (Å²) in [6.07, 6.45) is 8.52. The predicted molar refractivity (Wildman–Crippen MR) is 124 cm³/mol. The maximum absolute atomic E-state index is 12.0. The first kappa shape index (κ1) is 25.1. The van der Waals surface area contributed by atoms with Crippen molar-refractivity contribution in [2.45, 2.75) is 68.7 Å². The van der Waals surface area contributed by atoms with E-state index >= 15 is 0 Å². The van der Waals surface area contributed by atoms with Gasteiger partial charge in [-0.2, -0.15) is 11.8 Å². The molecule has 10 nitrogen and oxygen atoms in total. The Kier molecular flexibility index (Phi) is 9.59. The highest BCUT2D eigenvalue weighted by Gasteiger charge is 2.42. The van der Waals surface area contributed by atoms with Gasteiger partial charge in [-0.3, -0.25) is 24.1 Å². The number of imide groups is 1. The lowest BCUT2D eigenvalue weighted by atomic mass is 10.0. The Balaban J connectivity index is 1.11. The molecule has 3 aliphatic rings. The van der Waals surface area contributed by atoms with Crippen molar-refractivity contribution in [2.24, 2.45) is 0 Å². The van der Waals surface area contributed by atoms with Crippen LogP contribution >= 0.6 is 11.8 Å². The number of fused-ring (bicyclic) bond motifs is 1. The smallest absolute Gasteiger partial charge is 0.315 e. The van der Waals surface area contributed by atoms with Crippen molar-refractivity contribution >= 4 is 41.4 Å². The van der Waals surface area contributed by atoms with E-state index in [1.165, 1.54) is 12.2 Å². The number of rotatable bonds is 14. The molecule has 0 spiro atoms. The lowest BCUT2D eigenvalue weighted by molar-refractivity contribution is -0.137. The molecule has 0 radical (unpaired) electrons. The summed E-state index contributed by atoms with van der Waals surface area (Å²) in [5.74, 6) is 0.207. The van der Waals surface area contributed by atoms with Crippen molar-refractivity contribution < 1.29 is 24.0 Å². The Bertz CT molecular complexity index is 771. The standard InChI is InChI=1S/C22H33N5O5S/c28-17(8-4-3-6-16-21-15(14-33-16)25-22(32)26-21)23-11-5-1-2-7-18(29)24-12-13-27-19(30)9-10-20(27)31/h9-10,15-16,21H,1-8,11-14H2,(H,23,28)(H,24,29)(H2,25,26,32)/t15-,16+,21-/m1/s1. The van der Waals surface area contributed by atoms with Crippen molar-refractivity contribution in [1.29, 1.82) is 0 Å². The summed E-state index contributed by atoms with van der Waals surface area (Å²) >= 11 is 1.89. The number of hydrogen-bond acceptors (Lipinski definition) is 6. The van der Waals surface area contributed by atoms with Crippen molar-refractivity contribution in [1.82, 2.24) is 26.2 Å². The molecule has 3 atom stereocenters. The minimum Gasteiger partial charge on any atom is -0.356 e. The lowest BCUT2D eigenvalue weighted by Gasteiger charge is -2.16. The second-order valence-electron chi connectivity index (χ2n) is 8.54. The molecular weight excluding hydrogens is 446 g/mol. The van der Waals surface area contributed by atoms with Gasteiger partial charge in [0.05, 0.1) is 12.1 Å². The number of amides is 6. The average Bonchev–Trinajstić information content (AvgIpc) is 3.43. The van der Waals surface area contributed by atoms with Crippen LogP contribution in [0.4, 0.5) is 4.79 Å². The number of unbranched alkanes of at least 4 members (excludes halogenated alkanes) is 3. The number of hydrogen-bond donors (Lipinski definition) is 4. The Morgan fingerprint density at radius 2 is 1.58 bits per heavy atom. The van der Waals surface area contributed by atoms with E-state index in [1.54, 1.807) is 0 Å². The first-order chi connectivity index (χ1) is 15.9. The fourth-order valence-electron chi connectivity index (χ4n) is 4.22. The highest BCUT2D eigenvalue weighted by Crippen LogP contribution is 2.33. The SMILES string of the molecule is O=C(CCCC[C@@H]1SC[C@H]2NC(=O)N[C@@H]12)NCCCCCC(=O)NCCN1C(=O)C=CC1=O. The summed E-state index contributed by atoms with van der Waals surface area (Å²) in [5, 5.41) is 12.0. The summed E-state index contributed by atoms with van der Waals surface area (Å²) < 4.78 is 0. The molecule has 11 heteroatoms. The van der Waals surface area contributed by atoms with Crippen LogP contribution in [0.5, 0.6) is 0 Å². The van der Waals surface area contributed by atoms with Gasteiger partial charge in [-0.05, 0) is 25.7 Å². The molecule has 0 unspecified atom stereocenters. The van der Waals surface area contributed by atoms with Crippen molar-refractivity contribution in [3.63, 3.8) is 0 Å². The molecule has 0 aromatic heterocycles. The van der Waals surface area contributed by atoms with E-state index in [1.807, 2.05) is 11.8 Å². The molecular formula is C22H33N5O5S. The molecule has 6 amide bonds. The molecule has 0 saturated carbocycles. The third-order valence-electron chi connectivity index (χ3n) is 6.04. The van der Waals surface area contributed by atoms with E-state index in [0.29, 0.717) is 24.6 Å². The number of carbonyl (C=O) groups is 5. The third kappa shape index (κ3) is 7.76. The number of nitrogens with one attached hydrogen (secondary N) is 4. The largest absolute Gasteiger partial charge is 0.356 e. The zero-order valence-corrected chi connectivity index (χ0v) is 19.6. The Morgan fingerprint density at radius 3 is 2.30 bits per heavy atom. The van der Waals surface area contributed by atoms with Gasteiger partial charge >= 0.3 is 6.03 Å². The molecule has 3 aliphatic heterocycles. The number of carbonyl (C=O) groups excluding carboxylic acids is 5. The van der Waals surface area contributed by atoms with Crippen LogP contribution in [0.25, 0.3) is 0 Å². The predicted octanol–water partition coefficient (Wildman–Crippen LogP) is 0.430. The summed E-state index contributed by atoms with van der Waals surface area (Å²) in [5.41, 5.74) is 0. The first-order valence-electron chi connectivity index (χ1n) is 11.7. The normalized spacial score (nSPS) is 23.5. The molecule has 182 valence electrons. The second kappa shape index (κ2) is 12.6. The molecule has 3 heterocycles. The van der Waals surface area contributed by atoms with Crippen LogP contribution in [0.2, 0.25) is 0 Å². The summed E-state index contributed by atoms with van der Waals surface area (Å²) in [4.78, 5) is 59.1. The third-order valence-corrected chi connectivity index (χ3v) is 7.55. The molecule has 33 heavy (non-hydrogen) atoms. The number of nitrogens with zero attached hydrogens (tertiary/aromatic N) is 1. The molecule has 0 aromatic carbocycles. The van der Waals surface area contributed by atoms with Crippen LogP contribution in [0.3, 0.4) is 0 Å². The molecule has 0 aliphatic carbocycles. The molecule has 0 aromatic rings. The molecule has 3 rings (SSSR count). The van der Waals surface area contributed by atoms with Crippen LogP contribution in [-0.2, 0) is 19.2 Å². The van der Waals surface area contributed by atoms with Crippen LogP contribution in [-0.4, -0.2) is 77.3 Å².